The Bertz CT molecular complexity index is 475. The summed E-state index contributed by atoms with van der Waals surface area (Å²) in [6.45, 7) is 6.76. The Morgan fingerprint density at radius 3 is 2.81 bits per heavy atom. The van der Waals surface area contributed by atoms with Crippen molar-refractivity contribution in [2.75, 3.05) is 0 Å². The third kappa shape index (κ3) is 1.70. The highest BCUT2D eigenvalue weighted by atomic mass is 15.1. The molecule has 0 saturated heterocycles. The molecule has 2 aromatic heterocycles. The highest BCUT2D eigenvalue weighted by Crippen LogP contribution is 2.29. The number of pyridine rings is 1. The van der Waals surface area contributed by atoms with Crippen LogP contribution in [0.15, 0.2) is 24.7 Å². The van der Waals surface area contributed by atoms with Crippen molar-refractivity contribution in [2.24, 2.45) is 0 Å². The molecule has 0 radical (unpaired) electrons. The average Bonchev–Trinajstić information content (AvgIpc) is 2.73. The van der Waals surface area contributed by atoms with E-state index in [4.69, 9.17) is 0 Å². The molecule has 0 aliphatic carbocycles. The van der Waals surface area contributed by atoms with E-state index in [9.17, 15) is 0 Å². The molecule has 0 aliphatic rings. The van der Waals surface area contributed by atoms with Gasteiger partial charge in [-0.25, -0.2) is 9.97 Å². The summed E-state index contributed by atoms with van der Waals surface area (Å²) < 4.78 is 2.28. The average molecular weight is 217 g/mol. The van der Waals surface area contributed by atoms with Crippen molar-refractivity contribution in [1.82, 2.24) is 14.5 Å². The Balaban J connectivity index is 2.53. The lowest BCUT2D eigenvalue weighted by Gasteiger charge is -2.30. The fraction of sp³-hybridized carbons (Fsp3) is 0.538. The van der Waals surface area contributed by atoms with Crippen LogP contribution in [-0.4, -0.2) is 14.5 Å². The second-order valence-electron chi connectivity index (χ2n) is 4.56. The van der Waals surface area contributed by atoms with E-state index in [1.807, 2.05) is 12.4 Å². The molecule has 0 amide bonds. The molecule has 1 atom stereocenters. The zero-order chi connectivity index (χ0) is 11.6. The highest BCUT2D eigenvalue weighted by molar-refractivity contribution is 5.70. The molecule has 16 heavy (non-hydrogen) atoms. The molecule has 0 bridgehead atoms. The Kier molecular flexibility index (Phi) is 2.95. The molecule has 1 unspecified atom stereocenters. The van der Waals surface area contributed by atoms with Crippen molar-refractivity contribution in [2.45, 2.75) is 45.6 Å². The number of imidazole rings is 1. The summed E-state index contributed by atoms with van der Waals surface area (Å²) in [6, 6.07) is 4.07. The van der Waals surface area contributed by atoms with Gasteiger partial charge in [0.2, 0.25) is 0 Å². The molecule has 3 heteroatoms. The summed E-state index contributed by atoms with van der Waals surface area (Å²) >= 11 is 0. The molecule has 0 fully saturated rings. The minimum Gasteiger partial charge on any atom is -0.323 e. The van der Waals surface area contributed by atoms with Gasteiger partial charge in [0, 0.05) is 11.7 Å². The van der Waals surface area contributed by atoms with Crippen LogP contribution in [0.3, 0.4) is 0 Å². The van der Waals surface area contributed by atoms with E-state index in [2.05, 4.69) is 41.4 Å². The van der Waals surface area contributed by atoms with Crippen molar-refractivity contribution < 1.29 is 0 Å². The van der Waals surface area contributed by atoms with Gasteiger partial charge in [0.15, 0.2) is 5.65 Å². The first-order chi connectivity index (χ1) is 7.71. The number of rotatable bonds is 4. The van der Waals surface area contributed by atoms with E-state index < -0.39 is 0 Å². The summed E-state index contributed by atoms with van der Waals surface area (Å²) in [5, 5.41) is 0. The van der Waals surface area contributed by atoms with Gasteiger partial charge in [-0.05, 0) is 31.9 Å². The van der Waals surface area contributed by atoms with E-state index in [0.29, 0.717) is 0 Å². The smallest absolute Gasteiger partial charge is 0.177 e. The lowest BCUT2D eigenvalue weighted by Crippen LogP contribution is -2.28. The molecule has 0 spiro atoms. The normalized spacial score (nSPS) is 15.2. The lowest BCUT2D eigenvalue weighted by molar-refractivity contribution is 0.287. The maximum Gasteiger partial charge on any atom is 0.177 e. The summed E-state index contributed by atoms with van der Waals surface area (Å²) in [6.07, 6.45) is 7.19. The quantitative estimate of drug-likeness (QED) is 0.786. The van der Waals surface area contributed by atoms with Crippen LogP contribution < -0.4 is 0 Å². The predicted molar refractivity (Wildman–Crippen MR) is 66.4 cm³/mol. The first-order valence-electron chi connectivity index (χ1n) is 6.00. The van der Waals surface area contributed by atoms with Crippen LogP contribution in [0.4, 0.5) is 0 Å². The SMILES string of the molecule is CCCC(C)(CC)n1cnc2ncccc21. The minimum absolute atomic E-state index is 0.159. The summed E-state index contributed by atoms with van der Waals surface area (Å²) in [7, 11) is 0. The second kappa shape index (κ2) is 4.24. The third-order valence-electron chi connectivity index (χ3n) is 3.45. The van der Waals surface area contributed by atoms with Gasteiger partial charge in [-0.1, -0.05) is 20.3 Å². The molecule has 2 heterocycles. The van der Waals surface area contributed by atoms with E-state index in [-0.39, 0.29) is 5.54 Å². The third-order valence-corrected chi connectivity index (χ3v) is 3.45. The van der Waals surface area contributed by atoms with Crippen molar-refractivity contribution in [3.8, 4) is 0 Å². The van der Waals surface area contributed by atoms with Gasteiger partial charge >= 0.3 is 0 Å². The van der Waals surface area contributed by atoms with E-state index in [1.54, 1.807) is 6.20 Å². The number of aromatic nitrogens is 3. The Morgan fingerprint density at radius 2 is 2.12 bits per heavy atom. The zero-order valence-electron chi connectivity index (χ0n) is 10.3. The monoisotopic (exact) mass is 217 g/mol. The minimum atomic E-state index is 0.159. The fourth-order valence-corrected chi connectivity index (χ4v) is 2.29. The highest BCUT2D eigenvalue weighted by Gasteiger charge is 2.24. The summed E-state index contributed by atoms with van der Waals surface area (Å²) in [5.41, 5.74) is 2.14. The molecule has 0 aromatic carbocycles. The van der Waals surface area contributed by atoms with Crippen LogP contribution in [-0.2, 0) is 5.54 Å². The Morgan fingerprint density at radius 1 is 1.31 bits per heavy atom. The predicted octanol–water partition coefficient (Wildman–Crippen LogP) is 3.36. The van der Waals surface area contributed by atoms with Gasteiger partial charge in [0.05, 0.1) is 11.8 Å². The Labute approximate surface area is 96.5 Å². The van der Waals surface area contributed by atoms with E-state index in [1.165, 1.54) is 12.8 Å². The van der Waals surface area contributed by atoms with Crippen molar-refractivity contribution in [3.05, 3.63) is 24.7 Å². The van der Waals surface area contributed by atoms with Gasteiger partial charge in [-0.15, -0.1) is 0 Å². The first kappa shape index (κ1) is 11.1. The van der Waals surface area contributed by atoms with Gasteiger partial charge in [-0.2, -0.15) is 0 Å². The molecule has 0 aliphatic heterocycles. The molecule has 2 rings (SSSR count). The van der Waals surface area contributed by atoms with Crippen LogP contribution in [0.5, 0.6) is 0 Å². The molecule has 86 valence electrons. The maximum absolute atomic E-state index is 4.37. The number of hydrogen-bond acceptors (Lipinski definition) is 2. The second-order valence-corrected chi connectivity index (χ2v) is 4.56. The zero-order valence-corrected chi connectivity index (χ0v) is 10.3. The molecule has 3 nitrogen and oxygen atoms in total. The van der Waals surface area contributed by atoms with Gasteiger partial charge < -0.3 is 4.57 Å². The van der Waals surface area contributed by atoms with Crippen LogP contribution in [0, 0.1) is 0 Å². The molecule has 2 aromatic rings. The number of hydrogen-bond donors (Lipinski definition) is 0. The topological polar surface area (TPSA) is 30.7 Å². The van der Waals surface area contributed by atoms with Crippen LogP contribution in [0.1, 0.15) is 40.0 Å². The summed E-state index contributed by atoms with van der Waals surface area (Å²) in [4.78, 5) is 8.64. The van der Waals surface area contributed by atoms with Gasteiger partial charge in [0.1, 0.15) is 0 Å². The van der Waals surface area contributed by atoms with Crippen LogP contribution in [0.2, 0.25) is 0 Å². The van der Waals surface area contributed by atoms with Crippen molar-refractivity contribution in [1.29, 1.82) is 0 Å². The largest absolute Gasteiger partial charge is 0.323 e. The molecular formula is C13H19N3. The molecule has 0 saturated carbocycles. The lowest BCUT2D eigenvalue weighted by atomic mass is 9.92. The number of fused-ring (bicyclic) bond motifs is 1. The maximum atomic E-state index is 4.37. The van der Waals surface area contributed by atoms with E-state index in [0.717, 1.165) is 17.6 Å². The Hall–Kier alpha value is -1.38. The van der Waals surface area contributed by atoms with Crippen LogP contribution in [0.25, 0.3) is 11.2 Å². The van der Waals surface area contributed by atoms with Crippen LogP contribution >= 0.6 is 0 Å². The van der Waals surface area contributed by atoms with Gasteiger partial charge in [-0.3, -0.25) is 0 Å². The first-order valence-corrected chi connectivity index (χ1v) is 6.00. The van der Waals surface area contributed by atoms with Crippen molar-refractivity contribution in [3.63, 3.8) is 0 Å². The number of nitrogens with zero attached hydrogens (tertiary/aromatic N) is 3. The van der Waals surface area contributed by atoms with Gasteiger partial charge in [0.25, 0.3) is 0 Å². The summed E-state index contributed by atoms with van der Waals surface area (Å²) in [5.74, 6) is 0. The standard InChI is InChI=1S/C13H19N3/c1-4-8-13(3,5-2)16-10-15-12-11(16)7-6-9-14-12/h6-7,9-10H,4-5,8H2,1-3H3. The van der Waals surface area contributed by atoms with E-state index >= 15 is 0 Å². The fourth-order valence-electron chi connectivity index (χ4n) is 2.29. The van der Waals surface area contributed by atoms with Crippen molar-refractivity contribution >= 4 is 11.2 Å². The molecule has 0 N–H and O–H groups in total. The molecular weight excluding hydrogens is 198 g/mol.